The highest BCUT2D eigenvalue weighted by Gasteiger charge is 2.46. The molecule has 1 atom stereocenters. The van der Waals surface area contributed by atoms with Crippen molar-refractivity contribution in [2.75, 3.05) is 20.3 Å². The number of Topliss-reactive ketones (excluding diaryl/α,β-unsaturated/α-hetero) is 1. The molecule has 0 radical (unpaired) electrons. The van der Waals surface area contributed by atoms with E-state index in [0.29, 0.717) is 35.7 Å². The van der Waals surface area contributed by atoms with Gasteiger partial charge in [0, 0.05) is 30.8 Å². The molecule has 0 aromatic heterocycles. The predicted octanol–water partition coefficient (Wildman–Crippen LogP) is 4.11. The molecule has 0 bridgehead atoms. The average molecular weight is 400 g/mol. The number of nitrogens with zero attached hydrogens (tertiary/aromatic N) is 1. The highest BCUT2D eigenvalue weighted by molar-refractivity contribution is 6.47. The number of amides is 1. The zero-order valence-corrected chi connectivity index (χ0v) is 16.6. The van der Waals surface area contributed by atoms with Gasteiger partial charge in [-0.3, -0.25) is 9.59 Å². The molecular formula is C22H22ClNO4. The number of halogens is 1. The van der Waals surface area contributed by atoms with Crippen molar-refractivity contribution in [2.24, 2.45) is 0 Å². The van der Waals surface area contributed by atoms with Gasteiger partial charge in [0.05, 0.1) is 11.6 Å². The number of methoxy groups -OCH3 is 1. The van der Waals surface area contributed by atoms with Gasteiger partial charge in [0.1, 0.15) is 5.76 Å². The van der Waals surface area contributed by atoms with Crippen LogP contribution in [-0.4, -0.2) is 42.0 Å². The van der Waals surface area contributed by atoms with Crippen LogP contribution in [0.2, 0.25) is 5.02 Å². The second kappa shape index (κ2) is 8.59. The van der Waals surface area contributed by atoms with Gasteiger partial charge in [-0.2, -0.15) is 0 Å². The van der Waals surface area contributed by atoms with Crippen molar-refractivity contribution in [2.45, 2.75) is 19.4 Å². The first kappa shape index (κ1) is 20.1. The summed E-state index contributed by atoms with van der Waals surface area (Å²) in [6.07, 6.45) is 0.565. The van der Waals surface area contributed by atoms with E-state index < -0.39 is 17.7 Å². The largest absolute Gasteiger partial charge is 0.507 e. The molecule has 1 fully saturated rings. The van der Waals surface area contributed by atoms with E-state index >= 15 is 0 Å². The molecule has 2 aromatic carbocycles. The van der Waals surface area contributed by atoms with E-state index in [0.717, 1.165) is 5.56 Å². The normalized spacial score (nSPS) is 18.7. The fourth-order valence-corrected chi connectivity index (χ4v) is 3.62. The van der Waals surface area contributed by atoms with Crippen molar-refractivity contribution in [1.29, 1.82) is 0 Å². The minimum absolute atomic E-state index is 0.0550. The van der Waals surface area contributed by atoms with E-state index in [9.17, 15) is 14.7 Å². The Morgan fingerprint density at radius 1 is 1.14 bits per heavy atom. The van der Waals surface area contributed by atoms with Crippen molar-refractivity contribution in [3.8, 4) is 0 Å². The number of hydrogen-bond acceptors (Lipinski definition) is 4. The predicted molar refractivity (Wildman–Crippen MR) is 108 cm³/mol. The summed E-state index contributed by atoms with van der Waals surface area (Å²) < 4.78 is 5.07. The number of ketones is 1. The number of likely N-dealkylation sites (tertiary alicyclic amines) is 1. The molecule has 1 heterocycles. The van der Waals surface area contributed by atoms with Crippen molar-refractivity contribution in [3.63, 3.8) is 0 Å². The highest BCUT2D eigenvalue weighted by atomic mass is 35.5. The van der Waals surface area contributed by atoms with Crippen molar-refractivity contribution in [3.05, 3.63) is 75.8 Å². The molecule has 1 aliphatic heterocycles. The Morgan fingerprint density at radius 3 is 2.46 bits per heavy atom. The van der Waals surface area contributed by atoms with Crippen LogP contribution in [0.15, 0.2) is 54.1 Å². The number of aliphatic hydroxyl groups excluding tert-OH is 1. The molecule has 146 valence electrons. The molecule has 6 heteroatoms. The molecule has 5 nitrogen and oxygen atoms in total. The van der Waals surface area contributed by atoms with E-state index in [-0.39, 0.29) is 11.3 Å². The molecule has 0 saturated carbocycles. The summed E-state index contributed by atoms with van der Waals surface area (Å²) in [5.74, 6) is -1.55. The summed E-state index contributed by atoms with van der Waals surface area (Å²) in [6.45, 7) is 2.71. The maximum atomic E-state index is 12.8. The highest BCUT2D eigenvalue weighted by Crippen LogP contribution is 2.41. The number of rotatable bonds is 6. The Balaban J connectivity index is 2.14. The number of aliphatic hydroxyl groups is 1. The average Bonchev–Trinajstić information content (AvgIpc) is 2.93. The maximum Gasteiger partial charge on any atom is 0.295 e. The molecule has 1 amide bonds. The molecule has 2 aromatic rings. The zero-order chi connectivity index (χ0) is 20.3. The first-order valence-electron chi connectivity index (χ1n) is 9.04. The fraction of sp³-hybridized carbons (Fsp3) is 0.273. The van der Waals surface area contributed by atoms with Gasteiger partial charge in [0.25, 0.3) is 11.7 Å². The Hall–Kier alpha value is -2.63. The van der Waals surface area contributed by atoms with E-state index in [1.165, 1.54) is 4.90 Å². The lowest BCUT2D eigenvalue weighted by Gasteiger charge is -2.26. The number of benzene rings is 2. The summed E-state index contributed by atoms with van der Waals surface area (Å²) in [6, 6.07) is 13.4. The summed E-state index contributed by atoms with van der Waals surface area (Å²) in [5, 5.41) is 11.4. The Kier molecular flexibility index (Phi) is 6.17. The zero-order valence-electron chi connectivity index (χ0n) is 15.8. The summed E-state index contributed by atoms with van der Waals surface area (Å²) in [4.78, 5) is 27.0. The van der Waals surface area contributed by atoms with E-state index in [4.69, 9.17) is 16.3 Å². The van der Waals surface area contributed by atoms with Crippen LogP contribution in [0, 0.1) is 6.92 Å². The molecule has 1 N–H and O–H groups in total. The molecule has 0 aliphatic carbocycles. The van der Waals surface area contributed by atoms with Crippen LogP contribution < -0.4 is 0 Å². The molecule has 1 aliphatic rings. The molecule has 0 spiro atoms. The van der Waals surface area contributed by atoms with Gasteiger partial charge < -0.3 is 14.7 Å². The first-order valence-corrected chi connectivity index (χ1v) is 9.42. The van der Waals surface area contributed by atoms with Crippen LogP contribution in [0.1, 0.15) is 29.2 Å². The second-order valence-corrected chi connectivity index (χ2v) is 7.13. The topological polar surface area (TPSA) is 66.8 Å². The quantitative estimate of drug-likeness (QED) is 0.343. The van der Waals surface area contributed by atoms with Crippen LogP contribution in [0.5, 0.6) is 0 Å². The fourth-order valence-electron chi connectivity index (χ4n) is 3.38. The van der Waals surface area contributed by atoms with Crippen molar-refractivity contribution >= 4 is 29.1 Å². The van der Waals surface area contributed by atoms with Crippen LogP contribution in [-0.2, 0) is 14.3 Å². The Morgan fingerprint density at radius 2 is 1.82 bits per heavy atom. The number of hydrogen-bond donors (Lipinski definition) is 1. The van der Waals surface area contributed by atoms with Gasteiger partial charge >= 0.3 is 0 Å². The van der Waals surface area contributed by atoms with Gasteiger partial charge in [0.15, 0.2) is 0 Å². The van der Waals surface area contributed by atoms with Crippen LogP contribution in [0.25, 0.3) is 5.76 Å². The minimum Gasteiger partial charge on any atom is -0.507 e. The third kappa shape index (κ3) is 3.81. The third-order valence-electron chi connectivity index (χ3n) is 4.81. The van der Waals surface area contributed by atoms with E-state index in [1.807, 2.05) is 19.1 Å². The third-order valence-corrected chi connectivity index (χ3v) is 5.16. The smallest absolute Gasteiger partial charge is 0.295 e. The summed E-state index contributed by atoms with van der Waals surface area (Å²) in [7, 11) is 1.58. The van der Waals surface area contributed by atoms with Crippen LogP contribution in [0.4, 0.5) is 0 Å². The van der Waals surface area contributed by atoms with Gasteiger partial charge in [-0.15, -0.1) is 0 Å². The summed E-state index contributed by atoms with van der Waals surface area (Å²) >= 11 is 6.38. The molecule has 28 heavy (non-hydrogen) atoms. The van der Waals surface area contributed by atoms with Crippen molar-refractivity contribution < 1.29 is 19.4 Å². The SMILES string of the molecule is COCCCN1C(=O)C(=O)C(=C(O)c2ccc(C)cc2)C1c1ccccc1Cl. The molecule has 1 unspecified atom stereocenters. The van der Waals surface area contributed by atoms with Gasteiger partial charge in [0.2, 0.25) is 0 Å². The van der Waals surface area contributed by atoms with Gasteiger partial charge in [-0.25, -0.2) is 0 Å². The number of carbonyl (C=O) groups is 2. The maximum absolute atomic E-state index is 12.8. The Labute approximate surface area is 169 Å². The lowest BCUT2D eigenvalue weighted by atomic mass is 9.95. The van der Waals surface area contributed by atoms with Gasteiger partial charge in [-0.1, -0.05) is 59.6 Å². The second-order valence-electron chi connectivity index (χ2n) is 6.73. The number of carbonyl (C=O) groups excluding carboxylic acids is 2. The molecular weight excluding hydrogens is 378 g/mol. The van der Waals surface area contributed by atoms with E-state index in [1.54, 1.807) is 43.5 Å². The lowest BCUT2D eigenvalue weighted by molar-refractivity contribution is -0.140. The first-order chi connectivity index (χ1) is 13.5. The molecule has 3 rings (SSSR count). The lowest BCUT2D eigenvalue weighted by Crippen LogP contribution is -2.31. The number of ether oxygens (including phenoxy) is 1. The monoisotopic (exact) mass is 399 g/mol. The summed E-state index contributed by atoms with van der Waals surface area (Å²) in [5.41, 5.74) is 2.17. The standard InChI is InChI=1S/C22H22ClNO4/c1-14-8-10-15(11-9-14)20(25)18-19(16-6-3-4-7-17(16)23)24(12-5-13-28-2)22(27)21(18)26/h3-4,6-11,19,25H,5,12-13H2,1-2H3. The Bertz CT molecular complexity index is 920. The van der Waals surface area contributed by atoms with Gasteiger partial charge in [-0.05, 0) is 25.0 Å². The number of aryl methyl sites for hydroxylation is 1. The van der Waals surface area contributed by atoms with E-state index in [2.05, 4.69) is 0 Å². The molecule has 1 saturated heterocycles. The minimum atomic E-state index is -0.744. The van der Waals surface area contributed by atoms with Crippen LogP contribution in [0.3, 0.4) is 0 Å². The van der Waals surface area contributed by atoms with Crippen LogP contribution >= 0.6 is 11.6 Å². The van der Waals surface area contributed by atoms with Crippen molar-refractivity contribution in [1.82, 2.24) is 4.90 Å².